The van der Waals surface area contributed by atoms with E-state index in [1.165, 1.54) is 24.3 Å². The van der Waals surface area contributed by atoms with Gasteiger partial charge in [-0.05, 0) is 30.7 Å². The van der Waals surface area contributed by atoms with Crippen molar-refractivity contribution in [3.05, 3.63) is 47.3 Å². The molecule has 4 nitrogen and oxygen atoms in total. The van der Waals surface area contributed by atoms with Crippen LogP contribution in [-0.4, -0.2) is 28.1 Å². The summed E-state index contributed by atoms with van der Waals surface area (Å²) in [5, 5.41) is 3.17. The third-order valence-corrected chi connectivity index (χ3v) is 4.24. The predicted octanol–water partition coefficient (Wildman–Crippen LogP) is 1.16. The molecule has 1 aromatic rings. The number of benzene rings is 1. The maximum Gasteiger partial charge on any atom is 0.216 e. The quantitative estimate of drug-likeness (QED) is 0.798. The van der Waals surface area contributed by atoms with Crippen LogP contribution in [-0.2, 0) is 15.8 Å². The van der Waals surface area contributed by atoms with E-state index in [9.17, 15) is 12.8 Å². The maximum absolute atomic E-state index is 12.7. The molecule has 0 aromatic heterocycles. The molecule has 0 saturated heterocycles. The van der Waals surface area contributed by atoms with Gasteiger partial charge in [-0.2, -0.15) is 0 Å². The first-order valence-corrected chi connectivity index (χ1v) is 7.81. The second kappa shape index (κ2) is 6.27. The molecule has 0 fully saturated rings. The van der Waals surface area contributed by atoms with E-state index in [0.717, 1.165) is 25.1 Å². The van der Waals surface area contributed by atoms with Crippen molar-refractivity contribution in [1.82, 2.24) is 10.0 Å². The Hall–Kier alpha value is -1.24. The van der Waals surface area contributed by atoms with E-state index in [1.54, 1.807) is 0 Å². The Morgan fingerprint density at radius 1 is 1.26 bits per heavy atom. The van der Waals surface area contributed by atoms with E-state index in [4.69, 9.17) is 0 Å². The molecular formula is C13H17FN2O2S. The third kappa shape index (κ3) is 4.74. The lowest BCUT2D eigenvalue weighted by Crippen LogP contribution is -2.30. The molecule has 1 aliphatic heterocycles. The van der Waals surface area contributed by atoms with E-state index in [2.05, 4.69) is 10.0 Å². The molecule has 2 rings (SSSR count). The fraction of sp³-hybridized carbons (Fsp3) is 0.385. The third-order valence-electron chi connectivity index (χ3n) is 2.95. The predicted molar refractivity (Wildman–Crippen MR) is 72.6 cm³/mol. The summed E-state index contributed by atoms with van der Waals surface area (Å²) in [7, 11) is -3.38. The van der Waals surface area contributed by atoms with Gasteiger partial charge in [0.1, 0.15) is 5.82 Å². The summed E-state index contributed by atoms with van der Waals surface area (Å²) < 4.78 is 39.1. The van der Waals surface area contributed by atoms with Gasteiger partial charge in [-0.3, -0.25) is 0 Å². The van der Waals surface area contributed by atoms with Gasteiger partial charge in [-0.1, -0.05) is 23.8 Å². The van der Waals surface area contributed by atoms with Gasteiger partial charge in [0.05, 0.1) is 5.75 Å². The molecule has 0 spiro atoms. The average Bonchev–Trinajstić information content (AvgIpc) is 2.40. The molecule has 0 saturated carbocycles. The lowest BCUT2D eigenvalue weighted by atomic mass is 10.1. The molecule has 104 valence electrons. The summed E-state index contributed by atoms with van der Waals surface area (Å²) >= 11 is 0. The average molecular weight is 284 g/mol. The molecule has 1 aromatic carbocycles. The number of hydrogen-bond donors (Lipinski definition) is 2. The van der Waals surface area contributed by atoms with Gasteiger partial charge >= 0.3 is 0 Å². The Kier molecular flexibility index (Phi) is 4.68. The van der Waals surface area contributed by atoms with Crippen LogP contribution >= 0.6 is 0 Å². The molecule has 0 amide bonds. The molecule has 0 unspecified atom stereocenters. The van der Waals surface area contributed by atoms with Crippen molar-refractivity contribution < 1.29 is 12.8 Å². The van der Waals surface area contributed by atoms with Crippen molar-refractivity contribution in [3.8, 4) is 0 Å². The molecule has 19 heavy (non-hydrogen) atoms. The lowest BCUT2D eigenvalue weighted by molar-refractivity contribution is 0.581. The fourth-order valence-corrected chi connectivity index (χ4v) is 3.02. The summed E-state index contributed by atoms with van der Waals surface area (Å²) in [6.45, 7) is 2.02. The van der Waals surface area contributed by atoms with Crippen LogP contribution in [0, 0.1) is 5.82 Å². The zero-order valence-electron chi connectivity index (χ0n) is 10.5. The Morgan fingerprint density at radius 2 is 2.00 bits per heavy atom. The molecule has 2 N–H and O–H groups in total. The standard InChI is InChI=1S/C13H17FN2O2S/c14-13-3-1-12(2-4-13)10-19(17,18)16-9-11-5-7-15-8-6-11/h1-5,15-16H,6-10H2. The van der Waals surface area contributed by atoms with E-state index < -0.39 is 10.0 Å². The van der Waals surface area contributed by atoms with Crippen LogP contribution in [0.2, 0.25) is 0 Å². The van der Waals surface area contributed by atoms with Crippen LogP contribution in [0.1, 0.15) is 12.0 Å². The van der Waals surface area contributed by atoms with Crippen molar-refractivity contribution in [2.24, 2.45) is 0 Å². The van der Waals surface area contributed by atoms with Crippen molar-refractivity contribution in [2.45, 2.75) is 12.2 Å². The monoisotopic (exact) mass is 284 g/mol. The largest absolute Gasteiger partial charge is 0.313 e. The number of halogens is 1. The van der Waals surface area contributed by atoms with Crippen molar-refractivity contribution in [3.63, 3.8) is 0 Å². The fourth-order valence-electron chi connectivity index (χ4n) is 1.88. The van der Waals surface area contributed by atoms with Crippen LogP contribution in [0.3, 0.4) is 0 Å². The van der Waals surface area contributed by atoms with Crippen LogP contribution in [0.5, 0.6) is 0 Å². The molecule has 0 atom stereocenters. The first-order valence-electron chi connectivity index (χ1n) is 6.15. The van der Waals surface area contributed by atoms with E-state index in [1.807, 2.05) is 6.08 Å². The molecular weight excluding hydrogens is 267 g/mol. The Morgan fingerprint density at radius 3 is 2.63 bits per heavy atom. The van der Waals surface area contributed by atoms with Gasteiger partial charge < -0.3 is 5.32 Å². The Bertz CT molecular complexity index is 553. The van der Waals surface area contributed by atoms with Crippen LogP contribution in [0.25, 0.3) is 0 Å². The van der Waals surface area contributed by atoms with Crippen molar-refractivity contribution >= 4 is 10.0 Å². The zero-order valence-corrected chi connectivity index (χ0v) is 11.3. The molecule has 1 heterocycles. The van der Waals surface area contributed by atoms with Gasteiger partial charge in [0.2, 0.25) is 10.0 Å². The Labute approximate surface area is 112 Å². The van der Waals surface area contributed by atoms with Crippen molar-refractivity contribution in [1.29, 1.82) is 0 Å². The highest BCUT2D eigenvalue weighted by Crippen LogP contribution is 2.08. The van der Waals surface area contributed by atoms with Gasteiger partial charge in [-0.15, -0.1) is 0 Å². The van der Waals surface area contributed by atoms with Gasteiger partial charge in [0, 0.05) is 13.1 Å². The SMILES string of the molecule is O=S(=O)(Cc1ccc(F)cc1)NCC1=CCNCC1. The molecule has 0 aliphatic carbocycles. The maximum atomic E-state index is 12.7. The summed E-state index contributed by atoms with van der Waals surface area (Å²) in [5.74, 6) is -0.493. The highest BCUT2D eigenvalue weighted by molar-refractivity contribution is 7.88. The van der Waals surface area contributed by atoms with E-state index >= 15 is 0 Å². The van der Waals surface area contributed by atoms with E-state index in [-0.39, 0.29) is 11.6 Å². The molecule has 6 heteroatoms. The summed E-state index contributed by atoms with van der Waals surface area (Å²) in [6, 6.07) is 5.50. The second-order valence-electron chi connectivity index (χ2n) is 4.52. The summed E-state index contributed by atoms with van der Waals surface area (Å²) in [4.78, 5) is 0. The molecule has 0 radical (unpaired) electrons. The van der Waals surface area contributed by atoms with Crippen molar-refractivity contribution in [2.75, 3.05) is 19.6 Å². The lowest BCUT2D eigenvalue weighted by Gasteiger charge is -2.14. The number of sulfonamides is 1. The minimum atomic E-state index is -3.38. The second-order valence-corrected chi connectivity index (χ2v) is 6.33. The number of rotatable bonds is 5. The van der Waals surface area contributed by atoms with Gasteiger partial charge in [0.25, 0.3) is 0 Å². The zero-order chi connectivity index (χ0) is 13.7. The van der Waals surface area contributed by atoms with Crippen LogP contribution in [0.4, 0.5) is 4.39 Å². The van der Waals surface area contributed by atoms with Crippen LogP contribution in [0.15, 0.2) is 35.9 Å². The minimum Gasteiger partial charge on any atom is -0.313 e. The highest BCUT2D eigenvalue weighted by Gasteiger charge is 2.12. The minimum absolute atomic E-state index is 0.126. The van der Waals surface area contributed by atoms with Gasteiger partial charge in [0.15, 0.2) is 0 Å². The summed E-state index contributed by atoms with van der Waals surface area (Å²) in [6.07, 6.45) is 2.86. The van der Waals surface area contributed by atoms with E-state index in [0.29, 0.717) is 12.1 Å². The smallest absolute Gasteiger partial charge is 0.216 e. The topological polar surface area (TPSA) is 58.2 Å². The number of hydrogen-bond acceptors (Lipinski definition) is 3. The first-order chi connectivity index (χ1) is 9.05. The van der Waals surface area contributed by atoms with Gasteiger partial charge in [-0.25, -0.2) is 17.5 Å². The normalized spacial score (nSPS) is 16.2. The van der Waals surface area contributed by atoms with Crippen LogP contribution < -0.4 is 10.0 Å². The molecule has 1 aliphatic rings. The Balaban J connectivity index is 1.91. The number of nitrogens with one attached hydrogen (secondary N) is 2. The molecule has 0 bridgehead atoms. The summed E-state index contributed by atoms with van der Waals surface area (Å²) in [5.41, 5.74) is 1.68. The first kappa shape index (κ1) is 14.2. The highest BCUT2D eigenvalue weighted by atomic mass is 32.2.